The third-order valence-corrected chi connectivity index (χ3v) is 4.28. The summed E-state index contributed by atoms with van der Waals surface area (Å²) in [6.07, 6.45) is 2.77. The van der Waals surface area contributed by atoms with Crippen LogP contribution >= 0.6 is 27.7 Å². The van der Waals surface area contributed by atoms with E-state index in [1.54, 1.807) is 11.8 Å². The summed E-state index contributed by atoms with van der Waals surface area (Å²) in [5.74, 6) is 2.17. The zero-order valence-electron chi connectivity index (χ0n) is 11.4. The number of benzene rings is 1. The van der Waals surface area contributed by atoms with Crippen LogP contribution in [0.15, 0.2) is 38.2 Å². The molecule has 1 unspecified atom stereocenters. The molecule has 2 aromatic rings. The Balaban J connectivity index is 1.79. The van der Waals surface area contributed by atoms with E-state index in [9.17, 15) is 0 Å². The van der Waals surface area contributed by atoms with Crippen molar-refractivity contribution in [2.45, 2.75) is 42.9 Å². The van der Waals surface area contributed by atoms with Crippen LogP contribution in [0.2, 0.25) is 0 Å². The van der Waals surface area contributed by atoms with Crippen molar-refractivity contribution in [2.24, 2.45) is 5.73 Å². The first-order valence-electron chi connectivity index (χ1n) is 6.59. The van der Waals surface area contributed by atoms with Crippen LogP contribution < -0.4 is 5.73 Å². The molecular weight excluding hydrogens is 338 g/mol. The van der Waals surface area contributed by atoms with Crippen molar-refractivity contribution in [3.63, 3.8) is 0 Å². The molecule has 0 fully saturated rings. The van der Waals surface area contributed by atoms with Crippen LogP contribution in [0.25, 0.3) is 0 Å². The second-order valence-corrected chi connectivity index (χ2v) is 6.68. The van der Waals surface area contributed by atoms with Crippen molar-refractivity contribution < 1.29 is 4.52 Å². The molecular formula is C14H18BrN3OS. The highest BCUT2D eigenvalue weighted by atomic mass is 79.9. The Morgan fingerprint density at radius 2 is 2.10 bits per heavy atom. The lowest BCUT2D eigenvalue weighted by Crippen LogP contribution is -2.14. The zero-order chi connectivity index (χ0) is 14.4. The molecule has 0 bridgehead atoms. The summed E-state index contributed by atoms with van der Waals surface area (Å²) in [5.41, 5.74) is 5.71. The van der Waals surface area contributed by atoms with Gasteiger partial charge in [0, 0.05) is 21.8 Å². The molecule has 0 aliphatic carbocycles. The van der Waals surface area contributed by atoms with Crippen LogP contribution in [0.1, 0.15) is 31.5 Å². The van der Waals surface area contributed by atoms with E-state index >= 15 is 0 Å². The molecule has 0 spiro atoms. The number of nitrogens with zero attached hydrogens (tertiary/aromatic N) is 2. The maximum Gasteiger partial charge on any atom is 0.226 e. The summed E-state index contributed by atoms with van der Waals surface area (Å²) in [6, 6.07) is 8.41. The van der Waals surface area contributed by atoms with Crippen molar-refractivity contribution in [1.82, 2.24) is 10.1 Å². The van der Waals surface area contributed by atoms with E-state index in [0.29, 0.717) is 5.89 Å². The lowest BCUT2D eigenvalue weighted by molar-refractivity contribution is 0.369. The maximum atomic E-state index is 5.71. The topological polar surface area (TPSA) is 64.9 Å². The Labute approximate surface area is 131 Å². The van der Waals surface area contributed by atoms with Gasteiger partial charge in [-0.2, -0.15) is 4.98 Å². The molecule has 1 heterocycles. The van der Waals surface area contributed by atoms with Gasteiger partial charge in [0.15, 0.2) is 5.82 Å². The van der Waals surface area contributed by atoms with E-state index < -0.39 is 0 Å². The second kappa shape index (κ2) is 7.81. The molecule has 0 saturated heterocycles. The molecule has 0 aliphatic rings. The van der Waals surface area contributed by atoms with Crippen LogP contribution in [0.5, 0.6) is 0 Å². The Kier molecular flexibility index (Phi) is 6.06. The van der Waals surface area contributed by atoms with E-state index in [4.69, 9.17) is 10.3 Å². The minimum atomic E-state index is 0.227. The van der Waals surface area contributed by atoms with Crippen LogP contribution in [-0.2, 0) is 12.2 Å². The molecule has 20 heavy (non-hydrogen) atoms. The van der Waals surface area contributed by atoms with Gasteiger partial charge in [0.25, 0.3) is 0 Å². The van der Waals surface area contributed by atoms with E-state index in [-0.39, 0.29) is 6.04 Å². The number of nitrogens with two attached hydrogens (primary N) is 1. The van der Waals surface area contributed by atoms with Crippen molar-refractivity contribution in [3.05, 3.63) is 40.5 Å². The molecule has 0 amide bonds. The molecule has 6 heteroatoms. The molecule has 1 aromatic heterocycles. The molecule has 108 valence electrons. The first kappa shape index (κ1) is 15.5. The number of aromatic nitrogens is 2. The lowest BCUT2D eigenvalue weighted by Gasteiger charge is -2.00. The summed E-state index contributed by atoms with van der Waals surface area (Å²) >= 11 is 5.12. The van der Waals surface area contributed by atoms with Gasteiger partial charge in [-0.05, 0) is 44.0 Å². The highest BCUT2D eigenvalue weighted by molar-refractivity contribution is 9.10. The Morgan fingerprint density at radius 3 is 2.80 bits per heavy atom. The van der Waals surface area contributed by atoms with E-state index in [2.05, 4.69) is 38.2 Å². The third kappa shape index (κ3) is 5.26. The monoisotopic (exact) mass is 355 g/mol. The molecule has 4 nitrogen and oxygen atoms in total. The van der Waals surface area contributed by atoms with Crippen LogP contribution in [0, 0.1) is 0 Å². The third-order valence-electron chi connectivity index (χ3n) is 2.74. The fourth-order valence-electron chi connectivity index (χ4n) is 1.70. The smallest absolute Gasteiger partial charge is 0.226 e. The number of hydrogen-bond acceptors (Lipinski definition) is 5. The van der Waals surface area contributed by atoms with Crippen molar-refractivity contribution in [1.29, 1.82) is 0 Å². The van der Waals surface area contributed by atoms with E-state index in [1.807, 2.05) is 19.1 Å². The predicted octanol–water partition coefficient (Wildman–Crippen LogP) is 3.79. The highest BCUT2D eigenvalue weighted by Gasteiger charge is 2.07. The normalized spacial score (nSPS) is 12.6. The number of halogens is 1. The Morgan fingerprint density at radius 1 is 1.35 bits per heavy atom. The van der Waals surface area contributed by atoms with E-state index in [1.165, 1.54) is 4.90 Å². The molecule has 2 N–H and O–H groups in total. The van der Waals surface area contributed by atoms with Gasteiger partial charge < -0.3 is 10.3 Å². The average Bonchev–Trinajstić information content (AvgIpc) is 2.86. The van der Waals surface area contributed by atoms with Crippen molar-refractivity contribution in [3.8, 4) is 0 Å². The van der Waals surface area contributed by atoms with Gasteiger partial charge in [0.2, 0.25) is 5.89 Å². The lowest BCUT2D eigenvalue weighted by atomic mass is 10.1. The fourth-order valence-corrected chi connectivity index (χ4v) is 2.71. The Bertz CT molecular complexity index is 527. The standard InChI is InChI=1S/C14H18BrN3OS/c1-10(16)3-2-4-14-17-13(18-19-14)9-20-12-7-5-11(15)6-8-12/h5-8,10H,2-4,9,16H2,1H3. The van der Waals surface area contributed by atoms with Gasteiger partial charge in [-0.15, -0.1) is 11.8 Å². The summed E-state index contributed by atoms with van der Waals surface area (Å²) in [7, 11) is 0. The first-order chi connectivity index (χ1) is 9.63. The maximum absolute atomic E-state index is 5.71. The molecule has 2 rings (SSSR count). The minimum Gasteiger partial charge on any atom is -0.339 e. The van der Waals surface area contributed by atoms with Crippen LogP contribution in [0.3, 0.4) is 0 Å². The fraction of sp³-hybridized carbons (Fsp3) is 0.429. The number of thioether (sulfide) groups is 1. The molecule has 0 aliphatic heterocycles. The number of aryl methyl sites for hydroxylation is 1. The number of rotatable bonds is 7. The molecule has 0 radical (unpaired) electrons. The Hall–Kier alpha value is -0.850. The van der Waals surface area contributed by atoms with Crippen molar-refractivity contribution in [2.75, 3.05) is 0 Å². The second-order valence-electron chi connectivity index (χ2n) is 4.72. The van der Waals surface area contributed by atoms with Gasteiger partial charge in [-0.25, -0.2) is 0 Å². The van der Waals surface area contributed by atoms with Gasteiger partial charge in [-0.3, -0.25) is 0 Å². The van der Waals surface area contributed by atoms with Gasteiger partial charge in [-0.1, -0.05) is 21.1 Å². The SMILES string of the molecule is CC(N)CCCc1nc(CSc2ccc(Br)cc2)no1. The van der Waals surface area contributed by atoms with Crippen LogP contribution in [-0.4, -0.2) is 16.2 Å². The van der Waals surface area contributed by atoms with Crippen molar-refractivity contribution >= 4 is 27.7 Å². The molecule has 1 atom stereocenters. The first-order valence-corrected chi connectivity index (χ1v) is 8.37. The quantitative estimate of drug-likeness (QED) is 0.765. The summed E-state index contributed by atoms with van der Waals surface area (Å²) in [4.78, 5) is 5.58. The highest BCUT2D eigenvalue weighted by Crippen LogP contribution is 2.23. The molecule has 1 aromatic carbocycles. The van der Waals surface area contributed by atoms with Crippen LogP contribution in [0.4, 0.5) is 0 Å². The van der Waals surface area contributed by atoms with E-state index in [0.717, 1.165) is 35.3 Å². The summed E-state index contributed by atoms with van der Waals surface area (Å²) in [5, 5.41) is 4.00. The predicted molar refractivity (Wildman–Crippen MR) is 84.6 cm³/mol. The average molecular weight is 356 g/mol. The summed E-state index contributed by atoms with van der Waals surface area (Å²) in [6.45, 7) is 2.01. The minimum absolute atomic E-state index is 0.227. The van der Waals surface area contributed by atoms with Gasteiger partial charge >= 0.3 is 0 Å². The largest absolute Gasteiger partial charge is 0.339 e. The zero-order valence-corrected chi connectivity index (χ0v) is 13.8. The van der Waals surface area contributed by atoms with Gasteiger partial charge in [0.05, 0.1) is 5.75 Å². The number of hydrogen-bond donors (Lipinski definition) is 1. The van der Waals surface area contributed by atoms with Gasteiger partial charge in [0.1, 0.15) is 0 Å². The molecule has 0 saturated carbocycles. The summed E-state index contributed by atoms with van der Waals surface area (Å²) < 4.78 is 6.31.